The summed E-state index contributed by atoms with van der Waals surface area (Å²) in [5, 5.41) is 3.43. The minimum atomic E-state index is 0.743. The Hall–Kier alpha value is -1.12. The summed E-state index contributed by atoms with van der Waals surface area (Å²) >= 11 is 0. The molecule has 0 atom stereocenters. The molecule has 0 spiro atoms. The van der Waals surface area contributed by atoms with Crippen molar-refractivity contribution in [2.75, 3.05) is 11.9 Å². The Bertz CT molecular complexity index is 334. The van der Waals surface area contributed by atoms with Gasteiger partial charge in [-0.1, -0.05) is 13.8 Å². The van der Waals surface area contributed by atoms with E-state index in [-0.39, 0.29) is 0 Å². The molecule has 1 N–H and O–H groups in total. The maximum absolute atomic E-state index is 4.32. The molecule has 15 heavy (non-hydrogen) atoms. The molecule has 0 fully saturated rings. The SMILES string of the molecule is CC(C)CCNc1ncnc2c1CCC2. The van der Waals surface area contributed by atoms with Gasteiger partial charge in [0.15, 0.2) is 0 Å². The van der Waals surface area contributed by atoms with Gasteiger partial charge in [-0.15, -0.1) is 0 Å². The summed E-state index contributed by atoms with van der Waals surface area (Å²) in [7, 11) is 0. The van der Waals surface area contributed by atoms with Crippen LogP contribution in [0.5, 0.6) is 0 Å². The number of hydrogen-bond acceptors (Lipinski definition) is 3. The first-order chi connectivity index (χ1) is 7.27. The predicted octanol–water partition coefficient (Wildman–Crippen LogP) is 2.42. The molecule has 0 saturated carbocycles. The lowest BCUT2D eigenvalue weighted by Crippen LogP contribution is -2.08. The Morgan fingerprint density at radius 2 is 2.20 bits per heavy atom. The van der Waals surface area contributed by atoms with Crippen molar-refractivity contribution in [3.05, 3.63) is 17.6 Å². The highest BCUT2D eigenvalue weighted by Crippen LogP contribution is 2.24. The summed E-state index contributed by atoms with van der Waals surface area (Å²) in [5.41, 5.74) is 2.60. The minimum Gasteiger partial charge on any atom is -0.370 e. The van der Waals surface area contributed by atoms with E-state index in [0.717, 1.165) is 31.1 Å². The molecule has 0 aromatic carbocycles. The fraction of sp³-hybridized carbons (Fsp3) is 0.667. The van der Waals surface area contributed by atoms with E-state index in [0.29, 0.717) is 0 Å². The zero-order chi connectivity index (χ0) is 10.7. The fourth-order valence-electron chi connectivity index (χ4n) is 1.99. The molecule has 1 aliphatic carbocycles. The van der Waals surface area contributed by atoms with E-state index in [1.807, 2.05) is 0 Å². The van der Waals surface area contributed by atoms with E-state index in [9.17, 15) is 0 Å². The van der Waals surface area contributed by atoms with Crippen LogP contribution in [0.25, 0.3) is 0 Å². The third kappa shape index (κ3) is 2.46. The smallest absolute Gasteiger partial charge is 0.132 e. The normalized spacial score (nSPS) is 14.3. The van der Waals surface area contributed by atoms with Crippen LogP contribution in [0.4, 0.5) is 5.82 Å². The van der Waals surface area contributed by atoms with Crippen LogP contribution >= 0.6 is 0 Å². The lowest BCUT2D eigenvalue weighted by molar-refractivity contribution is 0.606. The molecule has 0 aliphatic heterocycles. The van der Waals surface area contributed by atoms with E-state index in [1.165, 1.54) is 24.1 Å². The van der Waals surface area contributed by atoms with Gasteiger partial charge in [-0.3, -0.25) is 0 Å². The Balaban J connectivity index is 2.00. The molecule has 0 amide bonds. The van der Waals surface area contributed by atoms with Crippen LogP contribution in [0.3, 0.4) is 0 Å². The molecule has 1 aromatic rings. The van der Waals surface area contributed by atoms with Crippen LogP contribution in [-0.2, 0) is 12.8 Å². The van der Waals surface area contributed by atoms with Gasteiger partial charge >= 0.3 is 0 Å². The van der Waals surface area contributed by atoms with Crippen LogP contribution < -0.4 is 5.32 Å². The molecule has 3 nitrogen and oxygen atoms in total. The molecular weight excluding hydrogens is 186 g/mol. The predicted molar refractivity (Wildman–Crippen MR) is 62.0 cm³/mol. The summed E-state index contributed by atoms with van der Waals surface area (Å²) < 4.78 is 0. The van der Waals surface area contributed by atoms with Gasteiger partial charge in [0.1, 0.15) is 12.1 Å². The average molecular weight is 205 g/mol. The molecule has 1 aliphatic rings. The first-order valence-corrected chi connectivity index (χ1v) is 5.84. The van der Waals surface area contributed by atoms with Crippen molar-refractivity contribution in [3.8, 4) is 0 Å². The minimum absolute atomic E-state index is 0.743. The van der Waals surface area contributed by atoms with Gasteiger partial charge in [0.05, 0.1) is 0 Å². The first kappa shape index (κ1) is 10.4. The maximum Gasteiger partial charge on any atom is 0.132 e. The fourth-order valence-corrected chi connectivity index (χ4v) is 1.99. The summed E-state index contributed by atoms with van der Waals surface area (Å²) in [6.45, 7) is 5.50. The van der Waals surface area contributed by atoms with Crippen molar-refractivity contribution in [2.45, 2.75) is 39.5 Å². The molecule has 0 saturated heterocycles. The molecule has 0 radical (unpaired) electrons. The Morgan fingerprint density at radius 3 is 3.00 bits per heavy atom. The van der Waals surface area contributed by atoms with Crippen LogP contribution in [0.1, 0.15) is 37.9 Å². The van der Waals surface area contributed by atoms with Crippen molar-refractivity contribution in [1.29, 1.82) is 0 Å². The van der Waals surface area contributed by atoms with Gasteiger partial charge in [0, 0.05) is 17.8 Å². The molecule has 3 heteroatoms. The quantitative estimate of drug-likeness (QED) is 0.820. The number of aromatic nitrogens is 2. The number of nitrogens with zero attached hydrogens (tertiary/aromatic N) is 2. The molecular formula is C12H19N3. The second-order valence-electron chi connectivity index (χ2n) is 4.61. The number of rotatable bonds is 4. The first-order valence-electron chi connectivity index (χ1n) is 5.84. The summed E-state index contributed by atoms with van der Waals surface area (Å²) in [4.78, 5) is 8.64. The standard InChI is InChI=1S/C12H19N3/c1-9(2)6-7-13-12-10-4-3-5-11(10)14-8-15-12/h8-9H,3-7H2,1-2H3,(H,13,14,15). The van der Waals surface area contributed by atoms with E-state index in [1.54, 1.807) is 6.33 Å². The van der Waals surface area contributed by atoms with Crippen molar-refractivity contribution < 1.29 is 0 Å². The van der Waals surface area contributed by atoms with Crippen LogP contribution in [-0.4, -0.2) is 16.5 Å². The third-order valence-corrected chi connectivity index (χ3v) is 2.89. The average Bonchev–Trinajstić information content (AvgIpc) is 2.65. The molecule has 82 valence electrons. The van der Waals surface area contributed by atoms with Crippen LogP contribution in [0.15, 0.2) is 6.33 Å². The van der Waals surface area contributed by atoms with Crippen molar-refractivity contribution in [3.63, 3.8) is 0 Å². The largest absolute Gasteiger partial charge is 0.370 e. The Kier molecular flexibility index (Phi) is 3.19. The zero-order valence-corrected chi connectivity index (χ0v) is 9.58. The number of aryl methyl sites for hydroxylation is 1. The lowest BCUT2D eigenvalue weighted by atomic mass is 10.1. The van der Waals surface area contributed by atoms with Crippen LogP contribution in [0, 0.1) is 5.92 Å². The molecule has 0 unspecified atom stereocenters. The monoisotopic (exact) mass is 205 g/mol. The molecule has 1 aromatic heterocycles. The molecule has 2 rings (SSSR count). The summed E-state index contributed by atoms with van der Waals surface area (Å²) in [6.07, 6.45) is 6.37. The van der Waals surface area contributed by atoms with Gasteiger partial charge < -0.3 is 5.32 Å². The topological polar surface area (TPSA) is 37.8 Å². The lowest BCUT2D eigenvalue weighted by Gasteiger charge is -2.10. The highest BCUT2D eigenvalue weighted by atomic mass is 15.0. The number of anilines is 1. The molecule has 1 heterocycles. The van der Waals surface area contributed by atoms with Gasteiger partial charge in [-0.05, 0) is 31.6 Å². The second kappa shape index (κ2) is 4.60. The summed E-state index contributed by atoms with van der Waals surface area (Å²) in [5.74, 6) is 1.81. The number of fused-ring (bicyclic) bond motifs is 1. The van der Waals surface area contributed by atoms with Gasteiger partial charge in [-0.2, -0.15) is 0 Å². The third-order valence-electron chi connectivity index (χ3n) is 2.89. The number of hydrogen-bond donors (Lipinski definition) is 1. The van der Waals surface area contributed by atoms with Crippen molar-refractivity contribution in [2.24, 2.45) is 5.92 Å². The molecule has 0 bridgehead atoms. The zero-order valence-electron chi connectivity index (χ0n) is 9.58. The van der Waals surface area contributed by atoms with Crippen molar-refractivity contribution >= 4 is 5.82 Å². The van der Waals surface area contributed by atoms with E-state index >= 15 is 0 Å². The van der Waals surface area contributed by atoms with Gasteiger partial charge in [-0.25, -0.2) is 9.97 Å². The Morgan fingerprint density at radius 1 is 1.33 bits per heavy atom. The summed E-state index contributed by atoms with van der Waals surface area (Å²) in [6, 6.07) is 0. The highest BCUT2D eigenvalue weighted by Gasteiger charge is 2.16. The van der Waals surface area contributed by atoms with Gasteiger partial charge in [0.25, 0.3) is 0 Å². The van der Waals surface area contributed by atoms with E-state index in [4.69, 9.17) is 0 Å². The van der Waals surface area contributed by atoms with Gasteiger partial charge in [0.2, 0.25) is 0 Å². The van der Waals surface area contributed by atoms with Crippen LogP contribution in [0.2, 0.25) is 0 Å². The highest BCUT2D eigenvalue weighted by molar-refractivity contribution is 5.47. The van der Waals surface area contributed by atoms with E-state index < -0.39 is 0 Å². The number of nitrogens with one attached hydrogen (secondary N) is 1. The van der Waals surface area contributed by atoms with Crippen molar-refractivity contribution in [1.82, 2.24) is 9.97 Å². The maximum atomic E-state index is 4.32. The Labute approximate surface area is 91.3 Å². The second-order valence-corrected chi connectivity index (χ2v) is 4.61. The van der Waals surface area contributed by atoms with E-state index in [2.05, 4.69) is 29.1 Å².